The van der Waals surface area contributed by atoms with Gasteiger partial charge in [-0.2, -0.15) is 0 Å². The first-order valence-corrected chi connectivity index (χ1v) is 5.62. The number of phenolic OH excluding ortho intramolecular Hbond substituents is 1. The largest absolute Gasteiger partial charge is 0.508 e. The summed E-state index contributed by atoms with van der Waals surface area (Å²) in [5.74, 6) is 0.338. The smallest absolute Gasteiger partial charge is 0.118 e. The molecule has 3 aromatic rings. The summed E-state index contributed by atoms with van der Waals surface area (Å²) in [7, 11) is 0. The van der Waals surface area contributed by atoms with Crippen LogP contribution in [-0.4, -0.2) is 10.1 Å². The summed E-state index contributed by atoms with van der Waals surface area (Å²) in [6, 6.07) is 16.0. The molecule has 1 aromatic heterocycles. The summed E-state index contributed by atoms with van der Waals surface area (Å²) in [5, 5.41) is 10.7. The van der Waals surface area contributed by atoms with Crippen molar-refractivity contribution in [3.05, 3.63) is 54.1 Å². The van der Waals surface area contributed by atoms with E-state index in [1.807, 2.05) is 31.2 Å². The molecule has 3 rings (SSSR count). The average molecular weight is 223 g/mol. The summed E-state index contributed by atoms with van der Waals surface area (Å²) < 4.78 is 0. The van der Waals surface area contributed by atoms with E-state index in [0.717, 1.165) is 22.3 Å². The van der Waals surface area contributed by atoms with Gasteiger partial charge in [0.05, 0.1) is 0 Å². The number of rotatable bonds is 1. The first kappa shape index (κ1) is 9.97. The van der Waals surface area contributed by atoms with Crippen LogP contribution in [0.15, 0.2) is 48.5 Å². The molecule has 0 amide bonds. The van der Waals surface area contributed by atoms with Crippen LogP contribution in [0.3, 0.4) is 0 Å². The normalized spacial score (nSPS) is 10.9. The van der Waals surface area contributed by atoms with Crippen LogP contribution in [-0.2, 0) is 0 Å². The Morgan fingerprint density at radius 3 is 2.59 bits per heavy atom. The fraction of sp³-hybridized carbons (Fsp3) is 0.0667. The Balaban J connectivity index is 2.17. The van der Waals surface area contributed by atoms with Gasteiger partial charge in [0.15, 0.2) is 0 Å². The molecule has 2 nitrogen and oxygen atoms in total. The summed E-state index contributed by atoms with van der Waals surface area (Å²) in [6.45, 7) is 1.90. The van der Waals surface area contributed by atoms with Crippen LogP contribution >= 0.6 is 0 Å². The Labute approximate surface area is 99.5 Å². The van der Waals surface area contributed by atoms with Gasteiger partial charge in [-0.3, -0.25) is 0 Å². The van der Waals surface area contributed by atoms with Crippen molar-refractivity contribution < 1.29 is 5.11 Å². The maximum absolute atomic E-state index is 9.52. The number of benzene rings is 2. The maximum Gasteiger partial charge on any atom is 0.118 e. The highest BCUT2D eigenvalue weighted by atomic mass is 16.3. The van der Waals surface area contributed by atoms with Gasteiger partial charge in [0, 0.05) is 16.6 Å². The Hall–Kier alpha value is -2.22. The van der Waals surface area contributed by atoms with Gasteiger partial charge in [-0.25, -0.2) is 0 Å². The highest BCUT2D eigenvalue weighted by molar-refractivity contribution is 5.85. The van der Waals surface area contributed by atoms with Crippen LogP contribution in [0.4, 0.5) is 0 Å². The molecule has 0 spiro atoms. The number of hydrogen-bond acceptors (Lipinski definition) is 1. The predicted octanol–water partition coefficient (Wildman–Crippen LogP) is 3.85. The molecule has 84 valence electrons. The molecule has 0 aliphatic carbocycles. The summed E-state index contributed by atoms with van der Waals surface area (Å²) in [6.07, 6.45) is 0. The summed E-state index contributed by atoms with van der Waals surface area (Å²) in [5.41, 5.74) is 4.19. The molecular formula is C15H13NO. The zero-order chi connectivity index (χ0) is 11.8. The van der Waals surface area contributed by atoms with Crippen molar-refractivity contribution in [2.45, 2.75) is 6.92 Å². The van der Waals surface area contributed by atoms with Gasteiger partial charge < -0.3 is 10.1 Å². The zero-order valence-corrected chi connectivity index (χ0v) is 9.57. The number of hydrogen-bond donors (Lipinski definition) is 2. The highest BCUT2D eigenvalue weighted by Crippen LogP contribution is 2.27. The van der Waals surface area contributed by atoms with Gasteiger partial charge in [-0.1, -0.05) is 18.2 Å². The van der Waals surface area contributed by atoms with Gasteiger partial charge in [-0.15, -0.1) is 0 Å². The molecule has 0 saturated carbocycles. The number of aromatic hydroxyl groups is 1. The summed E-state index contributed by atoms with van der Waals surface area (Å²) in [4.78, 5) is 3.38. The molecule has 0 fully saturated rings. The highest BCUT2D eigenvalue weighted by Gasteiger charge is 2.04. The molecule has 0 atom stereocenters. The lowest BCUT2D eigenvalue weighted by Crippen LogP contribution is -1.80. The molecular weight excluding hydrogens is 210 g/mol. The van der Waals surface area contributed by atoms with E-state index < -0.39 is 0 Å². The number of nitrogens with one attached hydrogen (secondary N) is 1. The Kier molecular flexibility index (Phi) is 2.15. The molecule has 2 aromatic carbocycles. The van der Waals surface area contributed by atoms with Crippen molar-refractivity contribution in [3.8, 4) is 17.0 Å². The number of fused-ring (bicyclic) bond motifs is 1. The number of para-hydroxylation sites is 1. The Morgan fingerprint density at radius 2 is 1.82 bits per heavy atom. The minimum absolute atomic E-state index is 0.338. The lowest BCUT2D eigenvalue weighted by atomic mass is 10.1. The van der Waals surface area contributed by atoms with Crippen LogP contribution in [0.5, 0.6) is 5.75 Å². The second-order valence-corrected chi connectivity index (χ2v) is 4.27. The second kappa shape index (κ2) is 3.67. The van der Waals surface area contributed by atoms with Gasteiger partial charge >= 0.3 is 0 Å². The molecule has 0 unspecified atom stereocenters. The van der Waals surface area contributed by atoms with Gasteiger partial charge in [0.2, 0.25) is 0 Å². The third-order valence-corrected chi connectivity index (χ3v) is 3.04. The third-order valence-electron chi connectivity index (χ3n) is 3.04. The van der Waals surface area contributed by atoms with E-state index in [-0.39, 0.29) is 0 Å². The molecule has 2 N–H and O–H groups in total. The lowest BCUT2D eigenvalue weighted by Gasteiger charge is -2.01. The SMILES string of the molecule is Cc1cc(-c2cc3ccccc3[nH]2)ccc1O. The molecule has 0 saturated heterocycles. The van der Waals surface area contributed by atoms with E-state index in [1.165, 1.54) is 5.39 Å². The number of aromatic nitrogens is 1. The number of aromatic amines is 1. The van der Waals surface area contributed by atoms with E-state index in [2.05, 4.69) is 23.2 Å². The van der Waals surface area contributed by atoms with Crippen LogP contribution in [0, 0.1) is 6.92 Å². The molecule has 1 heterocycles. The van der Waals surface area contributed by atoms with E-state index in [1.54, 1.807) is 6.07 Å². The van der Waals surface area contributed by atoms with Crippen molar-refractivity contribution in [1.29, 1.82) is 0 Å². The van der Waals surface area contributed by atoms with Gasteiger partial charge in [0.1, 0.15) is 5.75 Å². The van der Waals surface area contributed by atoms with Crippen LogP contribution in [0.2, 0.25) is 0 Å². The fourth-order valence-corrected chi connectivity index (χ4v) is 2.05. The van der Waals surface area contributed by atoms with Crippen molar-refractivity contribution >= 4 is 10.9 Å². The first-order valence-electron chi connectivity index (χ1n) is 5.62. The molecule has 0 bridgehead atoms. The molecule has 17 heavy (non-hydrogen) atoms. The van der Waals surface area contributed by atoms with Crippen molar-refractivity contribution in [2.75, 3.05) is 0 Å². The second-order valence-electron chi connectivity index (χ2n) is 4.27. The minimum Gasteiger partial charge on any atom is -0.508 e. The number of aryl methyl sites for hydroxylation is 1. The van der Waals surface area contributed by atoms with E-state index in [9.17, 15) is 5.11 Å². The molecule has 2 heteroatoms. The van der Waals surface area contributed by atoms with Gasteiger partial charge in [0.25, 0.3) is 0 Å². The monoisotopic (exact) mass is 223 g/mol. The summed E-state index contributed by atoms with van der Waals surface area (Å²) >= 11 is 0. The first-order chi connectivity index (χ1) is 8.24. The van der Waals surface area contributed by atoms with Crippen molar-refractivity contribution in [2.24, 2.45) is 0 Å². The van der Waals surface area contributed by atoms with Crippen LogP contribution < -0.4 is 0 Å². The van der Waals surface area contributed by atoms with Crippen molar-refractivity contribution in [3.63, 3.8) is 0 Å². The minimum atomic E-state index is 0.338. The zero-order valence-electron chi connectivity index (χ0n) is 9.57. The fourth-order valence-electron chi connectivity index (χ4n) is 2.05. The molecule has 0 aliphatic heterocycles. The Morgan fingerprint density at radius 1 is 1.00 bits per heavy atom. The number of H-pyrrole nitrogens is 1. The van der Waals surface area contributed by atoms with E-state index >= 15 is 0 Å². The standard InChI is InChI=1S/C15H13NO/c1-10-8-12(6-7-15(10)17)14-9-11-4-2-3-5-13(11)16-14/h2-9,16-17H,1H3. The van der Waals surface area contributed by atoms with Crippen LogP contribution in [0.25, 0.3) is 22.2 Å². The van der Waals surface area contributed by atoms with E-state index in [4.69, 9.17) is 0 Å². The number of phenols is 1. The lowest BCUT2D eigenvalue weighted by molar-refractivity contribution is 0.471. The topological polar surface area (TPSA) is 36.0 Å². The molecule has 0 radical (unpaired) electrons. The maximum atomic E-state index is 9.52. The third kappa shape index (κ3) is 1.68. The molecule has 0 aliphatic rings. The van der Waals surface area contributed by atoms with Crippen molar-refractivity contribution in [1.82, 2.24) is 4.98 Å². The average Bonchev–Trinajstić information content (AvgIpc) is 2.76. The van der Waals surface area contributed by atoms with Gasteiger partial charge in [-0.05, 0) is 48.4 Å². The quantitative estimate of drug-likeness (QED) is 0.645. The predicted molar refractivity (Wildman–Crippen MR) is 70.1 cm³/mol. The van der Waals surface area contributed by atoms with E-state index in [0.29, 0.717) is 5.75 Å². The Bertz CT molecular complexity index is 649. The van der Waals surface area contributed by atoms with Crippen LogP contribution in [0.1, 0.15) is 5.56 Å².